The van der Waals surface area contributed by atoms with Crippen LogP contribution in [-0.2, 0) is 7.05 Å². The van der Waals surface area contributed by atoms with Gasteiger partial charge in [-0.2, -0.15) is 10.1 Å². The van der Waals surface area contributed by atoms with Gasteiger partial charge in [-0.05, 0) is 42.3 Å². The predicted molar refractivity (Wildman–Crippen MR) is 149 cm³/mol. The van der Waals surface area contributed by atoms with Crippen molar-refractivity contribution in [3.63, 3.8) is 0 Å². The van der Waals surface area contributed by atoms with E-state index in [1.165, 1.54) is 12.6 Å². The van der Waals surface area contributed by atoms with Crippen LogP contribution in [0.1, 0.15) is 50.3 Å². The lowest BCUT2D eigenvalue weighted by atomic mass is 9.92. The standard InChI is InChI=1S/C28H34FN9O/c1-16(2)19-12-33-25(21-14-34-37(4)26(21)17-10-30-11-17)20-13-32-24(9-18(19)20)35-23-5-7-31-27(36-23)38-8-6-22(39)28(3,29)15-38/h5,7,9,12-14,16-17,22,30,39H,6,8,10-11,15H2,1-4H3,(H,31,32,35,36)/t22-,28+/m1/s1. The average molecular weight is 532 g/mol. The molecule has 2 aliphatic rings. The molecule has 6 heterocycles. The molecule has 2 aliphatic heterocycles. The highest BCUT2D eigenvalue weighted by Crippen LogP contribution is 2.37. The monoisotopic (exact) mass is 531 g/mol. The van der Waals surface area contributed by atoms with Gasteiger partial charge in [0.05, 0.1) is 30.2 Å². The number of aliphatic hydroxyl groups excluding tert-OH is 1. The first-order valence-electron chi connectivity index (χ1n) is 13.4. The summed E-state index contributed by atoms with van der Waals surface area (Å²) in [7, 11) is 1.98. The molecule has 0 unspecified atom stereocenters. The van der Waals surface area contributed by atoms with Crippen molar-refractivity contribution in [2.24, 2.45) is 7.05 Å². The smallest absolute Gasteiger partial charge is 0.227 e. The number of piperidine rings is 1. The molecule has 0 spiro atoms. The second-order valence-electron chi connectivity index (χ2n) is 11.1. The lowest BCUT2D eigenvalue weighted by Crippen LogP contribution is -2.52. The van der Waals surface area contributed by atoms with Crippen molar-refractivity contribution in [2.75, 3.05) is 36.4 Å². The van der Waals surface area contributed by atoms with Gasteiger partial charge in [-0.15, -0.1) is 0 Å². The second kappa shape index (κ2) is 9.80. The Morgan fingerprint density at radius 1 is 1.13 bits per heavy atom. The van der Waals surface area contributed by atoms with E-state index in [0.29, 0.717) is 36.5 Å². The van der Waals surface area contributed by atoms with Crippen molar-refractivity contribution in [1.82, 2.24) is 35.0 Å². The molecular weight excluding hydrogens is 497 g/mol. The molecule has 0 saturated carbocycles. The quantitative estimate of drug-likeness (QED) is 0.343. The first-order valence-corrected chi connectivity index (χ1v) is 13.4. The van der Waals surface area contributed by atoms with Crippen molar-refractivity contribution < 1.29 is 9.50 Å². The molecule has 11 heteroatoms. The van der Waals surface area contributed by atoms with Crippen molar-refractivity contribution in [1.29, 1.82) is 0 Å². The van der Waals surface area contributed by atoms with Crippen LogP contribution in [0.15, 0.2) is 36.9 Å². The Morgan fingerprint density at radius 3 is 2.67 bits per heavy atom. The van der Waals surface area contributed by atoms with E-state index in [2.05, 4.69) is 39.5 Å². The number of rotatable bonds is 6. The molecule has 0 aliphatic carbocycles. The maximum atomic E-state index is 14.8. The zero-order valence-electron chi connectivity index (χ0n) is 22.7. The van der Waals surface area contributed by atoms with Crippen LogP contribution in [0.4, 0.5) is 22.0 Å². The lowest BCUT2D eigenvalue weighted by molar-refractivity contribution is -0.00860. The van der Waals surface area contributed by atoms with Gasteiger partial charge in [0.2, 0.25) is 5.95 Å². The Hall–Kier alpha value is -3.70. The Labute approximate surface area is 226 Å². The van der Waals surface area contributed by atoms with Gasteiger partial charge < -0.3 is 20.6 Å². The molecule has 6 rings (SSSR count). The van der Waals surface area contributed by atoms with E-state index in [0.717, 1.165) is 40.7 Å². The third-order valence-electron chi connectivity index (χ3n) is 7.88. The van der Waals surface area contributed by atoms with E-state index in [9.17, 15) is 9.50 Å². The molecule has 0 radical (unpaired) electrons. The van der Waals surface area contributed by atoms with Gasteiger partial charge in [0.1, 0.15) is 11.6 Å². The molecule has 2 saturated heterocycles. The van der Waals surface area contributed by atoms with Crippen molar-refractivity contribution >= 4 is 28.4 Å². The molecule has 0 amide bonds. The fraction of sp³-hybridized carbons (Fsp3) is 0.464. The van der Waals surface area contributed by atoms with Crippen LogP contribution in [-0.4, -0.2) is 72.8 Å². The zero-order chi connectivity index (χ0) is 27.3. The fourth-order valence-corrected chi connectivity index (χ4v) is 5.50. The Bertz CT molecular complexity index is 1510. The molecular formula is C28H34FN9O. The van der Waals surface area contributed by atoms with Crippen LogP contribution < -0.4 is 15.5 Å². The number of aromatic nitrogens is 6. The minimum Gasteiger partial charge on any atom is -0.390 e. The zero-order valence-corrected chi connectivity index (χ0v) is 22.7. The first-order chi connectivity index (χ1) is 18.7. The maximum absolute atomic E-state index is 14.8. The molecule has 3 N–H and O–H groups in total. The van der Waals surface area contributed by atoms with Crippen LogP contribution in [0, 0.1) is 0 Å². The molecule has 10 nitrogen and oxygen atoms in total. The van der Waals surface area contributed by atoms with Crippen LogP contribution in [0.25, 0.3) is 22.0 Å². The van der Waals surface area contributed by atoms with E-state index in [4.69, 9.17) is 9.97 Å². The number of hydrogen-bond donors (Lipinski definition) is 3. The molecule has 0 aromatic carbocycles. The predicted octanol–water partition coefficient (Wildman–Crippen LogP) is 3.67. The highest BCUT2D eigenvalue weighted by atomic mass is 19.1. The van der Waals surface area contributed by atoms with Gasteiger partial charge in [0.25, 0.3) is 0 Å². The summed E-state index contributed by atoms with van der Waals surface area (Å²) in [5.74, 6) is 2.30. The number of anilines is 3. The van der Waals surface area contributed by atoms with Crippen molar-refractivity contribution in [3.8, 4) is 11.3 Å². The van der Waals surface area contributed by atoms with Crippen LogP contribution >= 0.6 is 0 Å². The number of nitrogens with zero attached hydrogens (tertiary/aromatic N) is 7. The summed E-state index contributed by atoms with van der Waals surface area (Å²) >= 11 is 0. The lowest BCUT2D eigenvalue weighted by Gasteiger charge is -2.38. The van der Waals surface area contributed by atoms with Crippen LogP contribution in [0.2, 0.25) is 0 Å². The van der Waals surface area contributed by atoms with E-state index in [1.807, 2.05) is 36.4 Å². The minimum atomic E-state index is -1.72. The molecule has 204 valence electrons. The second-order valence-corrected chi connectivity index (χ2v) is 11.1. The summed E-state index contributed by atoms with van der Waals surface area (Å²) in [5.41, 5.74) is 2.53. The highest BCUT2D eigenvalue weighted by molar-refractivity contribution is 5.98. The Kier molecular flexibility index (Phi) is 6.43. The minimum absolute atomic E-state index is 0.0343. The van der Waals surface area contributed by atoms with E-state index in [-0.39, 0.29) is 12.5 Å². The molecule has 4 aromatic heterocycles. The number of nitrogens with one attached hydrogen (secondary N) is 2. The number of fused-ring (bicyclic) bond motifs is 1. The Morgan fingerprint density at radius 2 is 1.95 bits per heavy atom. The topological polar surface area (TPSA) is 117 Å². The molecule has 4 aromatic rings. The van der Waals surface area contributed by atoms with E-state index >= 15 is 0 Å². The third-order valence-corrected chi connectivity index (χ3v) is 7.88. The van der Waals surface area contributed by atoms with Crippen molar-refractivity contribution in [3.05, 3.63) is 48.2 Å². The maximum Gasteiger partial charge on any atom is 0.227 e. The van der Waals surface area contributed by atoms with Gasteiger partial charge in [-0.1, -0.05) is 13.8 Å². The number of aryl methyl sites for hydroxylation is 1. The molecule has 2 fully saturated rings. The van der Waals surface area contributed by atoms with Crippen molar-refractivity contribution in [2.45, 2.75) is 50.8 Å². The fourth-order valence-electron chi connectivity index (χ4n) is 5.50. The molecule has 0 bridgehead atoms. The number of alkyl halides is 1. The normalized spacial score (nSPS) is 21.9. The van der Waals surface area contributed by atoms with Gasteiger partial charge in [0, 0.05) is 62.1 Å². The number of pyridine rings is 2. The number of hydrogen-bond acceptors (Lipinski definition) is 9. The summed E-state index contributed by atoms with van der Waals surface area (Å²) < 4.78 is 16.7. The summed E-state index contributed by atoms with van der Waals surface area (Å²) in [4.78, 5) is 20.4. The summed E-state index contributed by atoms with van der Waals surface area (Å²) in [6, 6.07) is 3.80. The van der Waals surface area contributed by atoms with Crippen LogP contribution in [0.5, 0.6) is 0 Å². The molecule has 2 atom stereocenters. The van der Waals surface area contributed by atoms with Gasteiger partial charge >= 0.3 is 0 Å². The SMILES string of the molecule is CC(C)c1cnc(-c2cnn(C)c2C2CNC2)c2cnc(Nc3ccnc(N4CC[C@@H](O)[C@@](C)(F)C4)n3)cc12. The summed E-state index contributed by atoms with van der Waals surface area (Å²) in [6.07, 6.45) is 6.71. The van der Waals surface area contributed by atoms with E-state index < -0.39 is 11.8 Å². The highest BCUT2D eigenvalue weighted by Gasteiger charge is 2.39. The van der Waals surface area contributed by atoms with Crippen LogP contribution in [0.3, 0.4) is 0 Å². The van der Waals surface area contributed by atoms with Gasteiger partial charge in [-0.3, -0.25) is 9.67 Å². The Balaban J connectivity index is 1.34. The van der Waals surface area contributed by atoms with Gasteiger partial charge in [-0.25, -0.2) is 14.4 Å². The summed E-state index contributed by atoms with van der Waals surface area (Å²) in [5, 5.41) is 23.2. The average Bonchev–Trinajstić information content (AvgIpc) is 3.24. The first kappa shape index (κ1) is 25.6. The largest absolute Gasteiger partial charge is 0.390 e. The summed E-state index contributed by atoms with van der Waals surface area (Å²) in [6.45, 7) is 8.12. The number of halogens is 1. The van der Waals surface area contributed by atoms with Gasteiger partial charge in [0.15, 0.2) is 5.67 Å². The third kappa shape index (κ3) is 4.70. The molecule has 39 heavy (non-hydrogen) atoms. The number of aliphatic hydroxyl groups is 1. The van der Waals surface area contributed by atoms with E-state index in [1.54, 1.807) is 17.2 Å².